The van der Waals surface area contributed by atoms with Gasteiger partial charge < -0.3 is 75.3 Å². The summed E-state index contributed by atoms with van der Waals surface area (Å²) in [5.74, 6) is -8.52. The van der Waals surface area contributed by atoms with E-state index in [1.54, 1.807) is 88.4 Å². The van der Waals surface area contributed by atoms with Gasteiger partial charge in [0.15, 0.2) is 0 Å². The fourth-order valence-corrected chi connectivity index (χ4v) is 11.0. The molecular weight excluding hydrogens is 1080 g/mol. The molecule has 0 unspecified atom stereocenters. The second-order valence-corrected chi connectivity index (χ2v) is 24.3. The van der Waals surface area contributed by atoms with Gasteiger partial charge in [-0.25, -0.2) is 0 Å². The van der Waals surface area contributed by atoms with Crippen molar-refractivity contribution in [2.24, 2.45) is 46.6 Å². The van der Waals surface area contributed by atoms with Crippen molar-refractivity contribution in [2.75, 3.05) is 26.2 Å². The average Bonchev–Trinajstić information content (AvgIpc) is 3.02. The van der Waals surface area contributed by atoms with E-state index < -0.39 is 143 Å². The molecule has 0 aliphatic carbocycles. The molecule has 0 saturated carbocycles. The van der Waals surface area contributed by atoms with Crippen LogP contribution in [-0.4, -0.2) is 168 Å². The van der Waals surface area contributed by atoms with E-state index in [-0.39, 0.29) is 102 Å². The van der Waals surface area contributed by atoms with E-state index in [4.69, 9.17) is 22.9 Å². The summed E-state index contributed by atoms with van der Waals surface area (Å²) in [6.45, 7) is 14.3. The van der Waals surface area contributed by atoms with E-state index in [2.05, 4.69) is 42.5 Å². The van der Waals surface area contributed by atoms with Crippen molar-refractivity contribution >= 4 is 59.1 Å². The number of rotatable bonds is 16. The van der Waals surface area contributed by atoms with Crippen LogP contribution in [0.15, 0.2) is 60.7 Å². The van der Waals surface area contributed by atoms with Crippen LogP contribution in [0.4, 0.5) is 0 Å². The first kappa shape index (κ1) is 67.8. The first-order valence-corrected chi connectivity index (χ1v) is 29.8. The Hall–Kier alpha value is -7.02. The molecule has 3 aliphatic rings. The Morgan fingerprint density at radius 2 is 0.726 bits per heavy atom. The van der Waals surface area contributed by atoms with Crippen LogP contribution in [0, 0.1) is 23.7 Å². The van der Waals surface area contributed by atoms with Gasteiger partial charge in [0.05, 0.1) is 0 Å². The van der Waals surface area contributed by atoms with Crippen molar-refractivity contribution < 1.29 is 47.9 Å². The molecule has 0 bridgehead atoms. The monoisotopic (exact) mass is 1170 g/mol. The number of carbonyl (C=O) groups is 10. The number of nitrogens with two attached hydrogens (primary N) is 4. The van der Waals surface area contributed by atoms with Gasteiger partial charge in [0, 0.05) is 38.0 Å². The van der Waals surface area contributed by atoms with Crippen LogP contribution in [0.5, 0.6) is 0 Å². The molecule has 2 aromatic rings. The summed E-state index contributed by atoms with van der Waals surface area (Å²) in [5, 5.41) is 22.6. The van der Waals surface area contributed by atoms with Crippen LogP contribution < -0.4 is 65.5 Å². The lowest BCUT2D eigenvalue weighted by atomic mass is 9.98. The highest BCUT2D eigenvalue weighted by Gasteiger charge is 2.45. The molecule has 24 nitrogen and oxygen atoms in total. The molecule has 12 atom stereocenters. The molecular formula is C60H94N14O10. The number of hydrogen-bond donors (Lipinski definition) is 12. The molecule has 3 aliphatic heterocycles. The Labute approximate surface area is 494 Å². The van der Waals surface area contributed by atoms with Crippen molar-refractivity contribution in [2.45, 2.75) is 192 Å². The first-order valence-electron chi connectivity index (χ1n) is 29.8. The molecule has 3 fully saturated rings. The lowest BCUT2D eigenvalue weighted by Crippen LogP contribution is -2.62. The molecule has 0 radical (unpaired) electrons. The third-order valence-corrected chi connectivity index (χ3v) is 15.5. The van der Waals surface area contributed by atoms with Crippen LogP contribution in [-0.2, 0) is 60.8 Å². The highest BCUT2D eigenvalue weighted by Crippen LogP contribution is 2.23. The molecule has 84 heavy (non-hydrogen) atoms. The van der Waals surface area contributed by atoms with E-state index in [9.17, 15) is 38.4 Å². The van der Waals surface area contributed by atoms with Gasteiger partial charge in [-0.05, 0) is 99.3 Å². The summed E-state index contributed by atoms with van der Waals surface area (Å²) in [6.07, 6.45) is 0.800. The van der Waals surface area contributed by atoms with Crippen LogP contribution >= 0.6 is 0 Å². The third kappa shape index (κ3) is 19.5. The standard InChI is InChI=1S/C60H94N14O10/c1-33(2)25-43-53(77)69-45(27-37-17-11-9-12-18-37)59(83)73-31-39(63)29-47(73)55(79)72-50(36(7)8)58(82)66-42(22-16-24-62)52(76)68-44(26-34(3)4)54(78)70-46(28-38-19-13-10-14-20-38)60(84)74-32-40(64)30-48(74)56(80)71-49(35(5)6)57(81)65-41(21-15-23-61)51(75)67-43/h9-14,17-20,33-36,39-50H,15-16,21-32,61-64H2,1-8H3,(H,65,81)(H,66,82)(H,67,75)(H,68,76)(H,69,77)(H,70,78)(H,71,80)(H,72,79)/t39-,40-,41-,42-,43-,44-,45+,46+,47-,48-,49-,50-/m0/s1. The van der Waals surface area contributed by atoms with Crippen molar-refractivity contribution in [3.63, 3.8) is 0 Å². The quantitative estimate of drug-likeness (QED) is 0.0970. The van der Waals surface area contributed by atoms with E-state index in [1.165, 1.54) is 9.80 Å². The van der Waals surface area contributed by atoms with Gasteiger partial charge in [-0.2, -0.15) is 0 Å². The highest BCUT2D eigenvalue weighted by atomic mass is 16.2. The van der Waals surface area contributed by atoms with Crippen molar-refractivity contribution in [3.05, 3.63) is 71.8 Å². The number of fused-ring (bicyclic) bond motifs is 2. The predicted octanol–water partition coefficient (Wildman–Crippen LogP) is -0.898. The topological polar surface area (TPSA) is 377 Å². The Morgan fingerprint density at radius 1 is 0.417 bits per heavy atom. The number of nitrogens with zero attached hydrogens (tertiary/aromatic N) is 2. The summed E-state index contributed by atoms with van der Waals surface area (Å²) < 4.78 is 0. The molecule has 2 aromatic carbocycles. The van der Waals surface area contributed by atoms with Gasteiger partial charge in [0.25, 0.3) is 0 Å². The molecule has 10 amide bonds. The zero-order valence-corrected chi connectivity index (χ0v) is 50.2. The SMILES string of the molecule is CC(C)C[C@@H]1NC(=O)[C@H](CCCN)NC(=O)[C@H](C(C)C)NC(=O)[C@@H]2C[C@H](N)CN2C(=O)[C@@H](Cc2ccccc2)NC(=O)[C@H](CC(C)C)NC(=O)[C@H](CCCN)NC(=O)[C@H](C(C)C)NC(=O)[C@@H]2C[C@H](N)CN2C(=O)[C@@H](Cc2ccccc2)NC1=O. The van der Waals surface area contributed by atoms with Crippen LogP contribution in [0.1, 0.15) is 118 Å². The van der Waals surface area contributed by atoms with Gasteiger partial charge in [-0.3, -0.25) is 47.9 Å². The van der Waals surface area contributed by atoms with E-state index in [0.29, 0.717) is 11.1 Å². The zero-order valence-electron chi connectivity index (χ0n) is 50.2. The lowest BCUT2D eigenvalue weighted by Gasteiger charge is -2.33. The first-order chi connectivity index (χ1) is 39.8. The van der Waals surface area contributed by atoms with Crippen molar-refractivity contribution in [1.29, 1.82) is 0 Å². The molecule has 5 rings (SSSR count). The lowest BCUT2D eigenvalue weighted by molar-refractivity contribution is -0.143. The van der Waals surface area contributed by atoms with Crippen LogP contribution in [0.2, 0.25) is 0 Å². The Kier molecular flexibility index (Phi) is 26.1. The third-order valence-electron chi connectivity index (χ3n) is 15.5. The molecule has 16 N–H and O–H groups in total. The molecule has 0 spiro atoms. The predicted molar refractivity (Wildman–Crippen MR) is 317 cm³/mol. The fraction of sp³-hybridized carbons (Fsp3) is 0.633. The number of nitrogens with one attached hydrogen (secondary N) is 8. The normalized spacial score (nSPS) is 28.0. The summed E-state index contributed by atoms with van der Waals surface area (Å²) in [5.41, 5.74) is 26.2. The maximum atomic E-state index is 15.0. The van der Waals surface area contributed by atoms with Gasteiger partial charge in [0.1, 0.15) is 60.4 Å². The van der Waals surface area contributed by atoms with E-state index in [1.807, 2.05) is 27.7 Å². The number of hydrogen-bond acceptors (Lipinski definition) is 14. The average molecular weight is 1170 g/mol. The van der Waals surface area contributed by atoms with Gasteiger partial charge in [-0.1, -0.05) is 116 Å². The molecule has 24 heteroatoms. The second-order valence-electron chi connectivity index (χ2n) is 24.3. The Morgan fingerprint density at radius 3 is 1.04 bits per heavy atom. The number of benzene rings is 2. The van der Waals surface area contributed by atoms with Crippen molar-refractivity contribution in [1.82, 2.24) is 52.3 Å². The second kappa shape index (κ2) is 32.3. The number of amides is 10. The smallest absolute Gasteiger partial charge is 0.246 e. The number of carbonyl (C=O) groups excluding carboxylic acids is 10. The van der Waals surface area contributed by atoms with E-state index in [0.717, 1.165) is 0 Å². The Bertz CT molecular complexity index is 2400. The minimum atomic E-state index is -1.29. The molecule has 0 aromatic heterocycles. The maximum Gasteiger partial charge on any atom is 0.246 e. The molecule has 464 valence electrons. The largest absolute Gasteiger partial charge is 0.343 e. The van der Waals surface area contributed by atoms with Gasteiger partial charge in [0.2, 0.25) is 59.1 Å². The Balaban J connectivity index is 1.61. The minimum Gasteiger partial charge on any atom is -0.343 e. The van der Waals surface area contributed by atoms with Crippen LogP contribution in [0.25, 0.3) is 0 Å². The van der Waals surface area contributed by atoms with Gasteiger partial charge >= 0.3 is 0 Å². The van der Waals surface area contributed by atoms with Crippen molar-refractivity contribution in [3.8, 4) is 0 Å². The summed E-state index contributed by atoms with van der Waals surface area (Å²) >= 11 is 0. The fourth-order valence-electron chi connectivity index (χ4n) is 11.0. The molecule has 3 heterocycles. The summed E-state index contributed by atoms with van der Waals surface area (Å²) in [7, 11) is 0. The highest BCUT2D eigenvalue weighted by molar-refractivity contribution is 6.00. The summed E-state index contributed by atoms with van der Waals surface area (Å²) in [6, 6.07) is 3.94. The summed E-state index contributed by atoms with van der Waals surface area (Å²) in [4.78, 5) is 149. The minimum absolute atomic E-state index is 0.00405. The molecule has 3 saturated heterocycles. The van der Waals surface area contributed by atoms with E-state index >= 15 is 9.59 Å². The van der Waals surface area contributed by atoms with Gasteiger partial charge in [-0.15, -0.1) is 0 Å². The van der Waals surface area contributed by atoms with Crippen LogP contribution in [0.3, 0.4) is 0 Å². The maximum absolute atomic E-state index is 15.0. The zero-order chi connectivity index (χ0) is 61.9.